The minimum Gasteiger partial charge on any atom is -0.350 e. The van der Waals surface area contributed by atoms with Crippen LogP contribution >= 0.6 is 11.3 Å². The average molecular weight is 388 g/mol. The van der Waals surface area contributed by atoms with Crippen LogP contribution in [0.5, 0.6) is 0 Å². The lowest BCUT2D eigenvalue weighted by molar-refractivity contribution is 0.0950. The van der Waals surface area contributed by atoms with Gasteiger partial charge in [0.25, 0.3) is 5.91 Å². The number of carbonyl (C=O) groups excluding carboxylic acids is 1. The van der Waals surface area contributed by atoms with Crippen LogP contribution in [0.15, 0.2) is 72.4 Å². The molecule has 4 aromatic rings. The Bertz CT molecular complexity index is 1070. The summed E-state index contributed by atoms with van der Waals surface area (Å²) in [6.45, 7) is 2.59. The molecule has 0 atom stereocenters. The van der Waals surface area contributed by atoms with E-state index < -0.39 is 0 Å². The lowest BCUT2D eigenvalue weighted by Crippen LogP contribution is -2.25. The molecule has 2 heterocycles. The first-order chi connectivity index (χ1) is 13.7. The van der Waals surface area contributed by atoms with Gasteiger partial charge in [-0.25, -0.2) is 9.67 Å². The zero-order valence-corrected chi connectivity index (χ0v) is 16.3. The van der Waals surface area contributed by atoms with Crippen LogP contribution in [0, 0.1) is 6.92 Å². The van der Waals surface area contributed by atoms with Crippen molar-refractivity contribution in [2.75, 3.05) is 6.54 Å². The molecular weight excluding hydrogens is 368 g/mol. The maximum atomic E-state index is 12.4. The zero-order valence-electron chi connectivity index (χ0n) is 15.5. The summed E-state index contributed by atoms with van der Waals surface area (Å²) in [5, 5.41) is 9.98. The fraction of sp³-hybridized carbons (Fsp3) is 0.136. The van der Waals surface area contributed by atoms with Crippen LogP contribution in [0.2, 0.25) is 0 Å². The van der Waals surface area contributed by atoms with Gasteiger partial charge in [-0.1, -0.05) is 48.0 Å². The number of carbonyl (C=O) groups is 1. The molecule has 2 aromatic heterocycles. The minimum atomic E-state index is -0.148. The molecule has 0 fully saturated rings. The van der Waals surface area contributed by atoms with E-state index in [1.54, 1.807) is 5.38 Å². The first-order valence-corrected chi connectivity index (χ1v) is 9.97. The number of nitrogens with one attached hydrogen (secondary N) is 1. The molecule has 0 aliphatic carbocycles. The van der Waals surface area contributed by atoms with Crippen molar-refractivity contribution < 1.29 is 4.79 Å². The first kappa shape index (κ1) is 18.1. The van der Waals surface area contributed by atoms with Crippen LogP contribution in [0.3, 0.4) is 0 Å². The van der Waals surface area contributed by atoms with Gasteiger partial charge in [0, 0.05) is 23.7 Å². The molecule has 140 valence electrons. The highest BCUT2D eigenvalue weighted by molar-refractivity contribution is 7.13. The predicted molar refractivity (Wildman–Crippen MR) is 112 cm³/mol. The molecule has 0 saturated heterocycles. The van der Waals surface area contributed by atoms with Gasteiger partial charge in [0.05, 0.1) is 11.9 Å². The number of nitrogens with zero attached hydrogens (tertiary/aromatic N) is 3. The summed E-state index contributed by atoms with van der Waals surface area (Å²) in [5.41, 5.74) is 4.78. The second kappa shape index (κ2) is 8.19. The lowest BCUT2D eigenvalue weighted by Gasteiger charge is -2.02. The van der Waals surface area contributed by atoms with Crippen molar-refractivity contribution in [2.45, 2.75) is 13.3 Å². The molecular formula is C22H20N4OS. The van der Waals surface area contributed by atoms with Crippen molar-refractivity contribution in [3.05, 3.63) is 89.2 Å². The number of amides is 1. The van der Waals surface area contributed by atoms with Gasteiger partial charge >= 0.3 is 0 Å². The smallest absolute Gasteiger partial charge is 0.270 e. The number of thiazole rings is 1. The number of hydrogen-bond donors (Lipinski definition) is 1. The van der Waals surface area contributed by atoms with Gasteiger partial charge in [0.15, 0.2) is 0 Å². The number of para-hydroxylation sites is 1. The highest BCUT2D eigenvalue weighted by atomic mass is 32.1. The molecule has 0 aliphatic heterocycles. The summed E-state index contributed by atoms with van der Waals surface area (Å²) in [5.74, 6) is -0.148. The molecule has 0 unspecified atom stereocenters. The Kier molecular flexibility index (Phi) is 5.30. The van der Waals surface area contributed by atoms with Crippen molar-refractivity contribution in [1.29, 1.82) is 0 Å². The van der Waals surface area contributed by atoms with E-state index in [0.29, 0.717) is 18.7 Å². The number of benzene rings is 2. The maximum absolute atomic E-state index is 12.4. The SMILES string of the molecule is Cc1ccc(-c2nc(C(=O)NCCc3cnn(-c4ccccc4)c3)cs2)cc1. The third-order valence-corrected chi connectivity index (χ3v) is 5.28. The van der Waals surface area contributed by atoms with E-state index in [4.69, 9.17) is 0 Å². The van der Waals surface area contributed by atoms with Crippen LogP contribution in [0.25, 0.3) is 16.3 Å². The normalized spacial score (nSPS) is 10.8. The fourth-order valence-corrected chi connectivity index (χ4v) is 3.64. The molecule has 6 heteroatoms. The molecule has 0 bridgehead atoms. The topological polar surface area (TPSA) is 59.8 Å². The Hall–Kier alpha value is -3.25. The molecule has 2 aromatic carbocycles. The number of rotatable bonds is 6. The van der Waals surface area contributed by atoms with Gasteiger partial charge in [0.2, 0.25) is 0 Å². The quantitative estimate of drug-likeness (QED) is 0.536. The molecule has 0 saturated carbocycles. The van der Waals surface area contributed by atoms with E-state index in [-0.39, 0.29) is 5.91 Å². The summed E-state index contributed by atoms with van der Waals surface area (Å²) in [6, 6.07) is 18.1. The lowest BCUT2D eigenvalue weighted by atomic mass is 10.2. The Balaban J connectivity index is 1.33. The van der Waals surface area contributed by atoms with Crippen molar-refractivity contribution in [1.82, 2.24) is 20.1 Å². The molecule has 1 N–H and O–H groups in total. The van der Waals surface area contributed by atoms with Crippen molar-refractivity contribution in [2.24, 2.45) is 0 Å². The summed E-state index contributed by atoms with van der Waals surface area (Å²) in [7, 11) is 0. The van der Waals surface area contributed by atoms with Crippen molar-refractivity contribution in [3.8, 4) is 16.3 Å². The number of hydrogen-bond acceptors (Lipinski definition) is 4. The highest BCUT2D eigenvalue weighted by Crippen LogP contribution is 2.23. The molecule has 0 radical (unpaired) electrons. The van der Waals surface area contributed by atoms with E-state index in [1.165, 1.54) is 16.9 Å². The molecule has 0 aliphatic rings. The summed E-state index contributed by atoms with van der Waals surface area (Å²) < 4.78 is 1.84. The summed E-state index contributed by atoms with van der Waals surface area (Å²) >= 11 is 1.48. The van der Waals surface area contributed by atoms with Crippen LogP contribution < -0.4 is 5.32 Å². The van der Waals surface area contributed by atoms with Crippen molar-refractivity contribution >= 4 is 17.2 Å². The molecule has 1 amide bonds. The molecule has 5 nitrogen and oxygen atoms in total. The molecule has 28 heavy (non-hydrogen) atoms. The highest BCUT2D eigenvalue weighted by Gasteiger charge is 2.11. The van der Waals surface area contributed by atoms with Gasteiger partial charge in [-0.2, -0.15) is 5.10 Å². The van der Waals surface area contributed by atoms with E-state index in [1.807, 2.05) is 78.6 Å². The third kappa shape index (κ3) is 4.18. The Morgan fingerprint density at radius 3 is 2.68 bits per heavy atom. The van der Waals surface area contributed by atoms with E-state index in [9.17, 15) is 4.79 Å². The number of aromatic nitrogens is 3. The van der Waals surface area contributed by atoms with Crippen LogP contribution in [0.4, 0.5) is 0 Å². The Labute approximate surface area is 167 Å². The van der Waals surface area contributed by atoms with E-state index in [0.717, 1.165) is 21.8 Å². The van der Waals surface area contributed by atoms with Gasteiger partial charge in [0.1, 0.15) is 10.7 Å². The maximum Gasteiger partial charge on any atom is 0.270 e. The van der Waals surface area contributed by atoms with Crippen LogP contribution in [-0.2, 0) is 6.42 Å². The average Bonchev–Trinajstić information content (AvgIpc) is 3.39. The second-order valence-corrected chi connectivity index (χ2v) is 7.40. The van der Waals surface area contributed by atoms with Crippen molar-refractivity contribution in [3.63, 3.8) is 0 Å². The summed E-state index contributed by atoms with van der Waals surface area (Å²) in [4.78, 5) is 16.8. The van der Waals surface area contributed by atoms with Gasteiger partial charge in [-0.15, -0.1) is 11.3 Å². The van der Waals surface area contributed by atoms with Gasteiger partial charge in [-0.3, -0.25) is 4.79 Å². The molecule has 4 rings (SSSR count). The second-order valence-electron chi connectivity index (χ2n) is 6.54. The summed E-state index contributed by atoms with van der Waals surface area (Å²) in [6.07, 6.45) is 4.53. The Morgan fingerprint density at radius 2 is 1.89 bits per heavy atom. The number of aryl methyl sites for hydroxylation is 1. The minimum absolute atomic E-state index is 0.148. The predicted octanol–water partition coefficient (Wildman–Crippen LogP) is 4.28. The van der Waals surface area contributed by atoms with Crippen LogP contribution in [-0.4, -0.2) is 27.2 Å². The first-order valence-electron chi connectivity index (χ1n) is 9.09. The Morgan fingerprint density at radius 1 is 1.11 bits per heavy atom. The van der Waals surface area contributed by atoms with Gasteiger partial charge in [-0.05, 0) is 31.0 Å². The van der Waals surface area contributed by atoms with E-state index in [2.05, 4.69) is 15.4 Å². The zero-order chi connectivity index (χ0) is 19.3. The fourth-order valence-electron chi connectivity index (χ4n) is 2.83. The third-order valence-electron chi connectivity index (χ3n) is 4.39. The standard InChI is InChI=1S/C22H20N4OS/c1-16-7-9-18(10-8-16)22-25-20(15-28-22)21(27)23-12-11-17-13-24-26(14-17)19-5-3-2-4-6-19/h2-10,13-15H,11-12H2,1H3,(H,23,27). The van der Waals surface area contributed by atoms with E-state index >= 15 is 0 Å². The van der Waals surface area contributed by atoms with Gasteiger partial charge < -0.3 is 5.32 Å². The molecule has 0 spiro atoms. The monoisotopic (exact) mass is 388 g/mol. The van der Waals surface area contributed by atoms with Crippen LogP contribution in [0.1, 0.15) is 21.6 Å². The largest absolute Gasteiger partial charge is 0.350 e.